The maximum Gasteiger partial charge on any atom is 0.272 e. The Morgan fingerprint density at radius 3 is 2.49 bits per heavy atom. The highest BCUT2D eigenvalue weighted by atomic mass is 35.5. The Hall–Kier alpha value is -5.23. The van der Waals surface area contributed by atoms with E-state index in [-0.39, 0.29) is 41.4 Å². The van der Waals surface area contributed by atoms with E-state index in [2.05, 4.69) is 25.7 Å². The average Bonchev–Trinajstić information content (AvgIpc) is 3.50. The van der Waals surface area contributed by atoms with Crippen LogP contribution in [0.25, 0.3) is 16.8 Å². The Morgan fingerprint density at radius 2 is 1.74 bits per heavy atom. The topological polar surface area (TPSA) is 129 Å². The van der Waals surface area contributed by atoms with Crippen molar-refractivity contribution in [3.05, 3.63) is 107 Å². The molecule has 13 heteroatoms. The molecule has 2 heterocycles. The van der Waals surface area contributed by atoms with E-state index in [1.54, 1.807) is 61.6 Å². The molecule has 0 aliphatic heterocycles. The van der Waals surface area contributed by atoms with Gasteiger partial charge in [0.1, 0.15) is 28.8 Å². The molecule has 1 amide bonds. The van der Waals surface area contributed by atoms with Crippen molar-refractivity contribution >= 4 is 29.0 Å². The van der Waals surface area contributed by atoms with Gasteiger partial charge in [-0.25, -0.2) is 18.4 Å². The monoisotopic (exact) mass is 605 g/mol. The Morgan fingerprint density at radius 1 is 0.953 bits per heavy atom. The van der Waals surface area contributed by atoms with E-state index < -0.39 is 11.7 Å². The fourth-order valence-corrected chi connectivity index (χ4v) is 4.49. The molecule has 4 N–H and O–H groups in total. The third kappa shape index (κ3) is 6.81. The number of carbonyl (C=O) groups is 1. The van der Waals surface area contributed by atoms with Gasteiger partial charge in [0.15, 0.2) is 11.5 Å². The van der Waals surface area contributed by atoms with Crippen molar-refractivity contribution < 1.29 is 23.0 Å². The molecule has 0 unspecified atom stereocenters. The third-order valence-corrected chi connectivity index (χ3v) is 6.66. The standard InChI is InChI=1S/C30H26ClF2N7O3/c1-42-24-8-3-18(25(12-24)43-2)14-35-28-26(34)27(38-30(31)39-28)29(41)36-13-17-9-19(11-22(33)10-17)20-15-37-40(16-20)23-6-4-21(32)5-7-23/h3-12,15-16H,13-14,34H2,1-2H3,(H,36,41)(H,35,38,39). The van der Waals surface area contributed by atoms with Crippen LogP contribution in [0.2, 0.25) is 5.28 Å². The molecule has 0 spiro atoms. The highest BCUT2D eigenvalue weighted by Gasteiger charge is 2.19. The van der Waals surface area contributed by atoms with Crippen molar-refractivity contribution in [2.45, 2.75) is 13.1 Å². The second kappa shape index (κ2) is 12.7. The van der Waals surface area contributed by atoms with Gasteiger partial charge < -0.3 is 25.8 Å². The molecule has 5 rings (SSSR count). The number of amides is 1. The lowest BCUT2D eigenvalue weighted by molar-refractivity contribution is 0.0946. The van der Waals surface area contributed by atoms with Gasteiger partial charge in [0.05, 0.1) is 26.1 Å². The summed E-state index contributed by atoms with van der Waals surface area (Å²) in [6.07, 6.45) is 3.27. The summed E-state index contributed by atoms with van der Waals surface area (Å²) in [5.74, 6) is -0.103. The zero-order valence-corrected chi connectivity index (χ0v) is 23.8. The molecule has 2 aromatic heterocycles. The van der Waals surface area contributed by atoms with Crippen molar-refractivity contribution in [2.24, 2.45) is 0 Å². The summed E-state index contributed by atoms with van der Waals surface area (Å²) in [5, 5.41) is 9.87. The molecule has 3 aromatic carbocycles. The van der Waals surface area contributed by atoms with E-state index in [1.165, 1.54) is 24.3 Å². The van der Waals surface area contributed by atoms with Crippen LogP contribution in [0.15, 0.2) is 73.1 Å². The predicted octanol–water partition coefficient (Wildman–Crippen LogP) is 5.40. The first-order valence-corrected chi connectivity index (χ1v) is 13.3. The van der Waals surface area contributed by atoms with Crippen LogP contribution in [-0.4, -0.2) is 39.9 Å². The van der Waals surface area contributed by atoms with Crippen LogP contribution in [-0.2, 0) is 13.1 Å². The largest absolute Gasteiger partial charge is 0.497 e. The van der Waals surface area contributed by atoms with Gasteiger partial charge in [0, 0.05) is 36.5 Å². The number of anilines is 2. The SMILES string of the molecule is COc1ccc(CNc2nc(Cl)nc(C(=O)NCc3cc(F)cc(-c4cnn(-c5ccc(F)cc5)c4)c3)c2N)c(OC)c1. The Balaban J connectivity index is 1.29. The van der Waals surface area contributed by atoms with Crippen molar-refractivity contribution in [1.29, 1.82) is 0 Å². The van der Waals surface area contributed by atoms with E-state index in [0.717, 1.165) is 5.56 Å². The van der Waals surface area contributed by atoms with E-state index in [9.17, 15) is 13.6 Å². The molecule has 0 bridgehead atoms. The number of rotatable bonds is 10. The molecule has 0 fully saturated rings. The molecule has 0 saturated heterocycles. The van der Waals surface area contributed by atoms with Crippen LogP contribution in [0.1, 0.15) is 21.6 Å². The Labute approximate surface area is 250 Å². The first-order chi connectivity index (χ1) is 20.7. The smallest absolute Gasteiger partial charge is 0.272 e. The quantitative estimate of drug-likeness (QED) is 0.180. The number of nitrogens with two attached hydrogens (primary N) is 1. The number of carbonyl (C=O) groups excluding carboxylic acids is 1. The molecule has 0 atom stereocenters. The molecule has 220 valence electrons. The van der Waals surface area contributed by atoms with Gasteiger partial charge in [-0.15, -0.1) is 0 Å². The van der Waals surface area contributed by atoms with Gasteiger partial charge in [-0.05, 0) is 77.3 Å². The Bertz CT molecular complexity index is 1780. The van der Waals surface area contributed by atoms with E-state index in [0.29, 0.717) is 33.9 Å². The molecular formula is C30H26ClF2N7O3. The zero-order valence-electron chi connectivity index (χ0n) is 23.1. The number of halogens is 3. The second-order valence-electron chi connectivity index (χ2n) is 9.32. The summed E-state index contributed by atoms with van der Waals surface area (Å²) in [6, 6.07) is 15.5. The van der Waals surface area contributed by atoms with Gasteiger partial charge in [-0.2, -0.15) is 10.1 Å². The minimum atomic E-state index is -0.623. The van der Waals surface area contributed by atoms with Crippen LogP contribution in [0, 0.1) is 11.6 Å². The number of nitrogen functional groups attached to an aromatic ring is 1. The summed E-state index contributed by atoms with van der Waals surface area (Å²) >= 11 is 6.11. The van der Waals surface area contributed by atoms with Gasteiger partial charge in [0.25, 0.3) is 5.91 Å². The highest BCUT2D eigenvalue weighted by Crippen LogP contribution is 2.28. The molecule has 10 nitrogen and oxygen atoms in total. The molecule has 0 saturated carbocycles. The van der Waals surface area contributed by atoms with E-state index in [4.69, 9.17) is 26.8 Å². The fraction of sp³-hybridized carbons (Fsp3) is 0.133. The van der Waals surface area contributed by atoms with Gasteiger partial charge in [0.2, 0.25) is 5.28 Å². The van der Waals surface area contributed by atoms with Crippen molar-refractivity contribution in [3.8, 4) is 28.3 Å². The van der Waals surface area contributed by atoms with Gasteiger partial charge in [-0.3, -0.25) is 4.79 Å². The number of methoxy groups -OCH3 is 2. The number of nitrogens with one attached hydrogen (secondary N) is 2. The molecular weight excluding hydrogens is 580 g/mol. The van der Waals surface area contributed by atoms with E-state index >= 15 is 0 Å². The van der Waals surface area contributed by atoms with Crippen LogP contribution < -0.4 is 25.8 Å². The average molecular weight is 606 g/mol. The number of hydrogen-bond donors (Lipinski definition) is 3. The number of aromatic nitrogens is 4. The second-order valence-corrected chi connectivity index (χ2v) is 9.65. The molecule has 43 heavy (non-hydrogen) atoms. The highest BCUT2D eigenvalue weighted by molar-refractivity contribution is 6.28. The maximum absolute atomic E-state index is 14.6. The summed E-state index contributed by atoms with van der Waals surface area (Å²) in [4.78, 5) is 21.2. The minimum Gasteiger partial charge on any atom is -0.497 e. The normalized spacial score (nSPS) is 10.8. The van der Waals surface area contributed by atoms with Crippen molar-refractivity contribution in [2.75, 3.05) is 25.3 Å². The number of benzene rings is 3. The first kappa shape index (κ1) is 29.3. The zero-order chi connectivity index (χ0) is 30.5. The number of nitrogens with zero attached hydrogens (tertiary/aromatic N) is 4. The lowest BCUT2D eigenvalue weighted by Gasteiger charge is -2.14. The summed E-state index contributed by atoms with van der Waals surface area (Å²) in [6.45, 7) is 0.234. The van der Waals surface area contributed by atoms with Crippen LogP contribution in [0.5, 0.6) is 11.5 Å². The van der Waals surface area contributed by atoms with Gasteiger partial charge in [-0.1, -0.05) is 0 Å². The van der Waals surface area contributed by atoms with Gasteiger partial charge >= 0.3 is 0 Å². The Kier molecular flexibility index (Phi) is 8.67. The summed E-state index contributed by atoms with van der Waals surface area (Å²) in [5.41, 5.74) is 9.18. The predicted molar refractivity (Wildman–Crippen MR) is 158 cm³/mol. The summed E-state index contributed by atoms with van der Waals surface area (Å²) < 4.78 is 40.0. The van der Waals surface area contributed by atoms with Crippen molar-refractivity contribution in [3.63, 3.8) is 0 Å². The van der Waals surface area contributed by atoms with Crippen LogP contribution in [0.3, 0.4) is 0 Å². The van der Waals surface area contributed by atoms with E-state index in [1.807, 2.05) is 6.07 Å². The van der Waals surface area contributed by atoms with Crippen molar-refractivity contribution in [1.82, 2.24) is 25.1 Å². The minimum absolute atomic E-state index is 0.0116. The molecule has 0 aliphatic carbocycles. The number of ether oxygens (including phenoxy) is 2. The number of hydrogen-bond acceptors (Lipinski definition) is 8. The molecule has 5 aromatic rings. The molecule has 0 aliphatic rings. The summed E-state index contributed by atoms with van der Waals surface area (Å²) in [7, 11) is 3.10. The van der Waals surface area contributed by atoms with Crippen LogP contribution >= 0.6 is 11.6 Å². The third-order valence-electron chi connectivity index (χ3n) is 6.49. The first-order valence-electron chi connectivity index (χ1n) is 12.9. The molecule has 0 radical (unpaired) electrons. The fourth-order valence-electron chi connectivity index (χ4n) is 4.32. The lowest BCUT2D eigenvalue weighted by atomic mass is 10.1. The maximum atomic E-state index is 14.6. The van der Waals surface area contributed by atoms with Crippen LogP contribution in [0.4, 0.5) is 20.3 Å². The lowest BCUT2D eigenvalue weighted by Crippen LogP contribution is -2.26.